The highest BCUT2D eigenvalue weighted by Crippen LogP contribution is 2.44. The molecule has 0 bridgehead atoms. The number of halogens is 3. The average molecular weight is 276 g/mol. The van der Waals surface area contributed by atoms with Gasteiger partial charge in [-0.15, -0.1) is 5.10 Å². The zero-order valence-electron chi connectivity index (χ0n) is 10.4. The lowest BCUT2D eigenvalue weighted by molar-refractivity contribution is -0.0515. The van der Waals surface area contributed by atoms with E-state index in [0.717, 1.165) is 11.3 Å². The van der Waals surface area contributed by atoms with Crippen LogP contribution in [0.5, 0.6) is 0 Å². The summed E-state index contributed by atoms with van der Waals surface area (Å²) in [4.78, 5) is 0. The summed E-state index contributed by atoms with van der Waals surface area (Å²) < 4.78 is 26.5. The maximum Gasteiger partial charge on any atom is 0.248 e. The zero-order valence-corrected chi connectivity index (χ0v) is 11.2. The van der Waals surface area contributed by atoms with Crippen molar-refractivity contribution >= 4 is 11.6 Å². The summed E-state index contributed by atoms with van der Waals surface area (Å²) >= 11 is 6.05. The molecule has 0 atom stereocenters. The molecule has 3 nitrogen and oxygen atoms in total. The van der Waals surface area contributed by atoms with Crippen LogP contribution in [0.2, 0.25) is 5.15 Å². The van der Waals surface area contributed by atoms with E-state index in [-0.39, 0.29) is 30.8 Å². The molecule has 2 N–H and O–H groups in total. The van der Waals surface area contributed by atoms with Crippen LogP contribution in [-0.4, -0.2) is 16.1 Å². The van der Waals surface area contributed by atoms with Crippen LogP contribution in [-0.2, 0) is 5.54 Å². The van der Waals surface area contributed by atoms with E-state index in [4.69, 9.17) is 17.3 Å². The van der Waals surface area contributed by atoms with Crippen molar-refractivity contribution in [1.82, 2.24) is 10.2 Å². The highest BCUT2D eigenvalue weighted by Gasteiger charge is 2.44. The lowest BCUT2D eigenvalue weighted by atomic mass is 9.75. The summed E-state index contributed by atoms with van der Waals surface area (Å²) in [5, 5.41) is 7.98. The van der Waals surface area contributed by atoms with Crippen molar-refractivity contribution in [2.45, 2.75) is 51.0 Å². The minimum Gasteiger partial charge on any atom is -0.321 e. The molecule has 1 aliphatic carbocycles. The molecule has 1 fully saturated rings. The fraction of sp³-hybridized carbons (Fsp3) is 0.667. The van der Waals surface area contributed by atoms with Crippen molar-refractivity contribution < 1.29 is 8.78 Å². The van der Waals surface area contributed by atoms with Gasteiger partial charge in [0, 0.05) is 23.9 Å². The van der Waals surface area contributed by atoms with Gasteiger partial charge in [0.15, 0.2) is 5.15 Å². The average Bonchev–Trinajstić information content (AvgIpc) is 2.29. The van der Waals surface area contributed by atoms with E-state index in [1.807, 2.05) is 13.8 Å². The number of alkyl halides is 2. The van der Waals surface area contributed by atoms with Crippen molar-refractivity contribution in [3.05, 3.63) is 22.0 Å². The minimum absolute atomic E-state index is 0.208. The molecule has 0 amide bonds. The van der Waals surface area contributed by atoms with Gasteiger partial charge < -0.3 is 5.73 Å². The summed E-state index contributed by atoms with van der Waals surface area (Å²) in [5.74, 6) is -2.61. The normalized spacial score (nSPS) is 21.9. The van der Waals surface area contributed by atoms with Crippen molar-refractivity contribution in [2.75, 3.05) is 0 Å². The summed E-state index contributed by atoms with van der Waals surface area (Å²) in [5.41, 5.74) is 7.73. The van der Waals surface area contributed by atoms with Crippen LogP contribution in [0.15, 0.2) is 0 Å². The van der Waals surface area contributed by atoms with Crippen LogP contribution in [0.4, 0.5) is 8.78 Å². The summed E-state index contributed by atoms with van der Waals surface area (Å²) in [7, 11) is 0. The van der Waals surface area contributed by atoms with Gasteiger partial charge in [0.1, 0.15) is 0 Å². The first kappa shape index (κ1) is 13.6. The maximum absolute atomic E-state index is 13.2. The van der Waals surface area contributed by atoms with Gasteiger partial charge >= 0.3 is 0 Å². The van der Waals surface area contributed by atoms with Crippen LogP contribution >= 0.6 is 11.6 Å². The number of aryl methyl sites for hydroxylation is 1. The quantitative estimate of drug-likeness (QED) is 0.857. The van der Waals surface area contributed by atoms with Gasteiger partial charge in [-0.2, -0.15) is 5.10 Å². The third-order valence-corrected chi connectivity index (χ3v) is 4.05. The molecule has 1 heterocycles. The first-order chi connectivity index (χ1) is 8.25. The smallest absolute Gasteiger partial charge is 0.248 e. The van der Waals surface area contributed by atoms with E-state index in [9.17, 15) is 8.78 Å². The molecule has 2 rings (SSSR count). The summed E-state index contributed by atoms with van der Waals surface area (Å²) in [6.07, 6.45) is 0.0126. The molecule has 18 heavy (non-hydrogen) atoms. The van der Waals surface area contributed by atoms with Crippen LogP contribution in [0.3, 0.4) is 0 Å². The fourth-order valence-electron chi connectivity index (χ4n) is 2.47. The van der Waals surface area contributed by atoms with Crippen molar-refractivity contribution in [2.24, 2.45) is 5.73 Å². The topological polar surface area (TPSA) is 51.8 Å². The second-order valence-electron chi connectivity index (χ2n) is 5.09. The molecule has 0 unspecified atom stereocenters. The van der Waals surface area contributed by atoms with Crippen LogP contribution in [0.1, 0.15) is 42.5 Å². The van der Waals surface area contributed by atoms with Gasteiger partial charge in [0.05, 0.1) is 5.69 Å². The monoisotopic (exact) mass is 275 g/mol. The first-order valence-electron chi connectivity index (χ1n) is 5.92. The Morgan fingerprint density at radius 2 is 1.67 bits per heavy atom. The third-order valence-electron chi connectivity index (χ3n) is 3.78. The van der Waals surface area contributed by atoms with E-state index in [0.29, 0.717) is 5.56 Å². The van der Waals surface area contributed by atoms with E-state index >= 15 is 0 Å². The number of aromatic nitrogens is 2. The molecular formula is C12H16ClF2N3. The summed E-state index contributed by atoms with van der Waals surface area (Å²) in [6, 6.07) is 0. The Bertz CT molecular complexity index is 467. The van der Waals surface area contributed by atoms with Crippen molar-refractivity contribution in [1.29, 1.82) is 0 Å². The largest absolute Gasteiger partial charge is 0.321 e. The van der Waals surface area contributed by atoms with E-state index in [1.54, 1.807) is 0 Å². The lowest BCUT2D eigenvalue weighted by Crippen LogP contribution is -2.44. The molecular weight excluding hydrogens is 260 g/mol. The van der Waals surface area contributed by atoms with Gasteiger partial charge in [-0.1, -0.05) is 11.6 Å². The highest BCUT2D eigenvalue weighted by molar-refractivity contribution is 6.30. The molecule has 1 aliphatic rings. The molecule has 0 aromatic carbocycles. The highest BCUT2D eigenvalue weighted by atomic mass is 35.5. The molecule has 6 heteroatoms. The summed E-state index contributed by atoms with van der Waals surface area (Å²) in [6.45, 7) is 3.66. The molecule has 1 aromatic heterocycles. The SMILES string of the molecule is Cc1nnc(Cl)c(C2(N)CCC(F)(F)CC2)c1C. The van der Waals surface area contributed by atoms with Gasteiger partial charge in [-0.3, -0.25) is 0 Å². The minimum atomic E-state index is -2.61. The standard InChI is InChI=1S/C12H16ClF2N3/c1-7-8(2)17-18-10(13)9(7)11(16)3-5-12(14,15)6-4-11/h3-6,16H2,1-2H3. The van der Waals surface area contributed by atoms with Crippen LogP contribution < -0.4 is 5.73 Å². The van der Waals surface area contributed by atoms with Gasteiger partial charge in [0.25, 0.3) is 0 Å². The Labute approximate surface area is 110 Å². The molecule has 0 radical (unpaired) electrons. The third kappa shape index (κ3) is 2.34. The number of nitrogens with zero attached hydrogens (tertiary/aromatic N) is 2. The second-order valence-corrected chi connectivity index (χ2v) is 5.45. The predicted molar refractivity (Wildman–Crippen MR) is 65.8 cm³/mol. The van der Waals surface area contributed by atoms with Crippen LogP contribution in [0, 0.1) is 13.8 Å². The van der Waals surface area contributed by atoms with E-state index in [2.05, 4.69) is 10.2 Å². The Balaban J connectivity index is 2.40. The van der Waals surface area contributed by atoms with Crippen LogP contribution in [0.25, 0.3) is 0 Å². The lowest BCUT2D eigenvalue weighted by Gasteiger charge is -2.38. The molecule has 0 aliphatic heterocycles. The number of hydrogen-bond donors (Lipinski definition) is 1. The predicted octanol–water partition coefficient (Wildman–Crippen LogP) is 3.11. The molecule has 1 aromatic rings. The van der Waals surface area contributed by atoms with Gasteiger partial charge in [0.2, 0.25) is 5.92 Å². The Morgan fingerprint density at radius 1 is 1.11 bits per heavy atom. The molecule has 100 valence electrons. The molecule has 1 saturated carbocycles. The molecule has 0 saturated heterocycles. The Kier molecular flexibility index (Phi) is 3.32. The Morgan fingerprint density at radius 3 is 2.22 bits per heavy atom. The van der Waals surface area contributed by atoms with Gasteiger partial charge in [-0.05, 0) is 32.3 Å². The number of rotatable bonds is 1. The van der Waals surface area contributed by atoms with Crippen molar-refractivity contribution in [3.8, 4) is 0 Å². The first-order valence-corrected chi connectivity index (χ1v) is 6.30. The van der Waals surface area contributed by atoms with E-state index < -0.39 is 11.5 Å². The van der Waals surface area contributed by atoms with Gasteiger partial charge in [-0.25, -0.2) is 8.78 Å². The Hall–Kier alpha value is -0.810. The second kappa shape index (κ2) is 4.38. The molecule has 0 spiro atoms. The maximum atomic E-state index is 13.2. The number of hydrogen-bond acceptors (Lipinski definition) is 3. The van der Waals surface area contributed by atoms with Crippen molar-refractivity contribution in [3.63, 3.8) is 0 Å². The zero-order chi connectivity index (χ0) is 13.6. The fourth-order valence-corrected chi connectivity index (χ4v) is 2.84. The van der Waals surface area contributed by atoms with E-state index in [1.165, 1.54) is 0 Å². The number of nitrogens with two attached hydrogens (primary N) is 1.